The van der Waals surface area contributed by atoms with E-state index in [1.165, 1.54) is 19.1 Å². The summed E-state index contributed by atoms with van der Waals surface area (Å²) in [7, 11) is -1.18. The fourth-order valence-electron chi connectivity index (χ4n) is 3.74. The number of anilines is 1. The summed E-state index contributed by atoms with van der Waals surface area (Å²) in [6.07, 6.45) is 1.14. The van der Waals surface area contributed by atoms with E-state index in [1.54, 1.807) is 23.1 Å². The van der Waals surface area contributed by atoms with Crippen molar-refractivity contribution in [2.24, 2.45) is 0 Å². The number of amides is 1. The molecule has 1 saturated heterocycles. The lowest BCUT2D eigenvalue weighted by atomic mass is 10.1. The van der Waals surface area contributed by atoms with Crippen molar-refractivity contribution in [1.82, 2.24) is 4.90 Å². The number of halogens is 1. The van der Waals surface area contributed by atoms with Crippen molar-refractivity contribution in [1.29, 1.82) is 0 Å². The van der Waals surface area contributed by atoms with Crippen molar-refractivity contribution >= 4 is 30.7 Å². The average molecular weight is 451 g/mol. The second-order valence-electron chi connectivity index (χ2n) is 8.16. The van der Waals surface area contributed by atoms with Crippen LogP contribution in [-0.4, -0.2) is 51.2 Å². The molecule has 5 nitrogen and oxygen atoms in total. The number of aryl methyl sites for hydroxylation is 1. The number of hydrogen-bond acceptors (Lipinski definition) is 4. The molecule has 0 N–H and O–H groups in total. The minimum absolute atomic E-state index is 0.0692. The average Bonchev–Trinajstić information content (AvgIpc) is 2.66. The first-order chi connectivity index (χ1) is 13.9. The van der Waals surface area contributed by atoms with Crippen molar-refractivity contribution in [2.45, 2.75) is 37.1 Å². The van der Waals surface area contributed by atoms with E-state index in [0.717, 1.165) is 17.5 Å². The van der Waals surface area contributed by atoms with Gasteiger partial charge in [0.15, 0.2) is 9.84 Å². The molecule has 0 bridgehead atoms. The highest BCUT2D eigenvalue weighted by Crippen LogP contribution is 2.34. The predicted octanol–water partition coefficient (Wildman–Crippen LogP) is 3.77. The highest BCUT2D eigenvalue weighted by molar-refractivity contribution is 7.90. The van der Waals surface area contributed by atoms with Gasteiger partial charge in [-0.15, -0.1) is 0 Å². The zero-order valence-electron chi connectivity index (χ0n) is 17.7. The Morgan fingerprint density at radius 2 is 1.80 bits per heavy atom. The zero-order valence-corrected chi connectivity index (χ0v) is 19.7. The lowest BCUT2D eigenvalue weighted by molar-refractivity contribution is 0.0725. The Bertz CT molecular complexity index is 1050. The van der Waals surface area contributed by atoms with Crippen LogP contribution in [-0.2, 0) is 15.2 Å². The molecule has 3 unspecified atom stereocenters. The van der Waals surface area contributed by atoms with E-state index in [0.29, 0.717) is 30.8 Å². The lowest BCUT2D eigenvalue weighted by Gasteiger charge is -2.41. The summed E-state index contributed by atoms with van der Waals surface area (Å²) in [6.45, 7) is 7.05. The molecule has 0 spiro atoms. The molecule has 0 saturated carbocycles. The molecule has 0 radical (unpaired) electrons. The number of sulfone groups is 1. The number of hydrogen-bond donors (Lipinski definition) is 0. The van der Waals surface area contributed by atoms with Crippen molar-refractivity contribution in [3.63, 3.8) is 0 Å². The Kier molecular flexibility index (Phi) is 6.26. The topological polar surface area (TPSA) is 57.7 Å². The van der Waals surface area contributed by atoms with E-state index in [4.69, 9.17) is 0 Å². The molecule has 3 atom stereocenters. The highest BCUT2D eigenvalue weighted by Gasteiger charge is 2.29. The summed E-state index contributed by atoms with van der Waals surface area (Å²) in [6, 6.07) is 12.1. The molecular formula is C22H28FN2O3PS. The number of carbonyl (C=O) groups excluding carboxylic acids is 1. The summed E-state index contributed by atoms with van der Waals surface area (Å²) >= 11 is 0. The second-order valence-corrected chi connectivity index (χ2v) is 11.3. The van der Waals surface area contributed by atoms with Crippen molar-refractivity contribution in [3.8, 4) is 0 Å². The van der Waals surface area contributed by atoms with Crippen LogP contribution in [0.1, 0.15) is 35.3 Å². The van der Waals surface area contributed by atoms with Crippen LogP contribution in [0.5, 0.6) is 0 Å². The van der Waals surface area contributed by atoms with Gasteiger partial charge in [-0.1, -0.05) is 27.4 Å². The Morgan fingerprint density at radius 1 is 1.17 bits per heavy atom. The van der Waals surface area contributed by atoms with Gasteiger partial charge in [-0.2, -0.15) is 0 Å². The van der Waals surface area contributed by atoms with Crippen molar-refractivity contribution in [2.75, 3.05) is 30.8 Å². The number of carbonyl (C=O) groups is 1. The van der Waals surface area contributed by atoms with Crippen molar-refractivity contribution < 1.29 is 17.6 Å². The maximum atomic E-state index is 14.1. The molecule has 162 valence electrons. The number of rotatable bonds is 4. The largest absolute Gasteiger partial charge is 0.365 e. The van der Waals surface area contributed by atoms with E-state index in [-0.39, 0.29) is 16.8 Å². The Balaban J connectivity index is 1.76. The van der Waals surface area contributed by atoms with Gasteiger partial charge in [0.25, 0.3) is 5.91 Å². The highest BCUT2D eigenvalue weighted by atomic mass is 32.2. The molecule has 2 aromatic carbocycles. The van der Waals surface area contributed by atoms with Crippen LogP contribution in [0.25, 0.3) is 0 Å². The van der Waals surface area contributed by atoms with Crippen LogP contribution >= 0.6 is 9.24 Å². The summed E-state index contributed by atoms with van der Waals surface area (Å²) in [4.78, 5) is 17.2. The molecule has 0 aromatic heterocycles. The quantitative estimate of drug-likeness (QED) is 0.666. The predicted molar refractivity (Wildman–Crippen MR) is 122 cm³/mol. The Morgan fingerprint density at radius 3 is 2.33 bits per heavy atom. The normalized spacial score (nSPS) is 19.5. The van der Waals surface area contributed by atoms with Gasteiger partial charge in [0, 0.05) is 43.2 Å². The van der Waals surface area contributed by atoms with Crippen LogP contribution in [0.3, 0.4) is 0 Å². The molecule has 0 aliphatic carbocycles. The molecule has 1 heterocycles. The van der Waals surface area contributed by atoms with E-state index in [2.05, 4.69) is 14.1 Å². The van der Waals surface area contributed by atoms with Crippen LogP contribution < -0.4 is 4.90 Å². The van der Waals surface area contributed by atoms with Crippen LogP contribution in [0.15, 0.2) is 47.4 Å². The third-order valence-electron chi connectivity index (χ3n) is 5.55. The number of alkyl halides is 1. The standard InChI is InChI=1S/C22H28FN2O3PS/c1-15-5-10-19(30(4,27)28)13-20(15)21(26)24-11-12-25(16(2)14-24)18-8-6-17(7-9-18)22(3,23)29/h5-10,13,16H,11-12,14,29H2,1-4H3. The first-order valence-electron chi connectivity index (χ1n) is 9.83. The molecule has 2 aromatic rings. The smallest absolute Gasteiger partial charge is 0.254 e. The summed E-state index contributed by atoms with van der Waals surface area (Å²) < 4.78 is 37.8. The number of benzene rings is 2. The van der Waals surface area contributed by atoms with Gasteiger partial charge in [0.05, 0.1) is 4.90 Å². The fraction of sp³-hybridized carbons (Fsp3) is 0.409. The molecule has 8 heteroatoms. The first-order valence-corrected chi connectivity index (χ1v) is 12.3. The van der Waals surface area contributed by atoms with Gasteiger partial charge in [-0.25, -0.2) is 12.8 Å². The van der Waals surface area contributed by atoms with Crippen LogP contribution in [0.2, 0.25) is 0 Å². The fourth-order valence-corrected chi connectivity index (χ4v) is 4.58. The third-order valence-corrected chi connectivity index (χ3v) is 6.99. The molecule has 1 amide bonds. The zero-order chi connectivity index (χ0) is 22.3. The van der Waals surface area contributed by atoms with Crippen LogP contribution in [0, 0.1) is 6.92 Å². The minimum Gasteiger partial charge on any atom is -0.365 e. The van der Waals surface area contributed by atoms with Crippen LogP contribution in [0.4, 0.5) is 10.1 Å². The lowest BCUT2D eigenvalue weighted by Crippen LogP contribution is -2.53. The number of piperazine rings is 1. The summed E-state index contributed by atoms with van der Waals surface area (Å²) in [5, 5.41) is -1.46. The molecule has 30 heavy (non-hydrogen) atoms. The van der Waals surface area contributed by atoms with Gasteiger partial charge in [0.1, 0.15) is 5.41 Å². The summed E-state index contributed by atoms with van der Waals surface area (Å²) in [5.41, 5.74) is 2.76. The monoisotopic (exact) mass is 450 g/mol. The van der Waals surface area contributed by atoms with E-state index < -0.39 is 15.2 Å². The Hall–Kier alpha value is -1.98. The minimum atomic E-state index is -3.38. The van der Waals surface area contributed by atoms with Gasteiger partial charge in [0.2, 0.25) is 0 Å². The second kappa shape index (κ2) is 8.27. The van der Waals surface area contributed by atoms with Gasteiger partial charge >= 0.3 is 0 Å². The molecule has 1 aliphatic rings. The van der Waals surface area contributed by atoms with Gasteiger partial charge in [-0.3, -0.25) is 4.79 Å². The van der Waals surface area contributed by atoms with Crippen molar-refractivity contribution in [3.05, 3.63) is 59.2 Å². The van der Waals surface area contributed by atoms with Gasteiger partial charge in [-0.05, 0) is 56.2 Å². The first kappa shape index (κ1) is 22.7. The van der Waals surface area contributed by atoms with E-state index in [9.17, 15) is 17.6 Å². The SMILES string of the molecule is Cc1ccc(S(C)(=O)=O)cc1C(=O)N1CCN(c2ccc(C(C)(F)P)cc2)C(C)C1. The molecular weight excluding hydrogens is 422 g/mol. The molecule has 3 rings (SSSR count). The number of nitrogens with zero attached hydrogens (tertiary/aromatic N) is 2. The Labute approximate surface area is 180 Å². The van der Waals surface area contributed by atoms with E-state index >= 15 is 0 Å². The van der Waals surface area contributed by atoms with Gasteiger partial charge < -0.3 is 9.80 Å². The third kappa shape index (κ3) is 4.84. The maximum Gasteiger partial charge on any atom is 0.254 e. The summed E-state index contributed by atoms with van der Waals surface area (Å²) in [5.74, 6) is -0.156. The molecule has 1 aliphatic heterocycles. The van der Waals surface area contributed by atoms with E-state index in [1.807, 2.05) is 26.0 Å². The molecule has 1 fully saturated rings. The maximum absolute atomic E-state index is 14.1.